The summed E-state index contributed by atoms with van der Waals surface area (Å²) < 4.78 is 0. The van der Waals surface area contributed by atoms with Gasteiger partial charge >= 0.3 is 0 Å². The van der Waals surface area contributed by atoms with Gasteiger partial charge in [-0.05, 0) is 39.5 Å². The maximum Gasteiger partial charge on any atom is 0.239 e. The summed E-state index contributed by atoms with van der Waals surface area (Å²) >= 11 is 0. The predicted molar refractivity (Wildman–Crippen MR) is 101 cm³/mol. The van der Waals surface area contributed by atoms with Gasteiger partial charge in [-0.15, -0.1) is 0 Å². The molecular weight excluding hydrogens is 318 g/mol. The van der Waals surface area contributed by atoms with Crippen LogP contribution in [-0.2, 0) is 9.59 Å². The summed E-state index contributed by atoms with van der Waals surface area (Å²) in [6, 6.07) is 0. The normalized spacial score (nSPS) is 16.2. The maximum atomic E-state index is 11.9. The quantitative estimate of drug-likeness (QED) is 0.314. The fourth-order valence-corrected chi connectivity index (χ4v) is 2.96. The Balaban J connectivity index is 2.14. The molecule has 1 aliphatic carbocycles. The van der Waals surface area contributed by atoms with E-state index in [1.54, 1.807) is 7.05 Å². The molecule has 144 valence electrons. The number of hydrogen-bond acceptors (Lipinski definition) is 3. The molecule has 7 heteroatoms. The van der Waals surface area contributed by atoms with E-state index in [-0.39, 0.29) is 23.9 Å². The summed E-state index contributed by atoms with van der Waals surface area (Å²) in [4.78, 5) is 27.8. The standard InChI is InChI=1S/C18H35N5O2/c1-18(2,3)23-16(25)13-22-17(19-4)21-11-10-20-15(24)12-14-8-6-5-7-9-14/h14H,5-13H2,1-4H3,(H,20,24)(H,23,25)(H2,19,21,22). The average molecular weight is 354 g/mol. The molecule has 0 spiro atoms. The fraction of sp³-hybridized carbons (Fsp3) is 0.833. The van der Waals surface area contributed by atoms with Crippen LogP contribution in [0.25, 0.3) is 0 Å². The molecule has 4 N–H and O–H groups in total. The van der Waals surface area contributed by atoms with Crippen molar-refractivity contribution in [1.29, 1.82) is 0 Å². The molecule has 0 aromatic heterocycles. The van der Waals surface area contributed by atoms with Crippen LogP contribution in [0.2, 0.25) is 0 Å². The van der Waals surface area contributed by atoms with E-state index in [2.05, 4.69) is 26.3 Å². The summed E-state index contributed by atoms with van der Waals surface area (Å²) in [5.41, 5.74) is -0.252. The number of nitrogens with one attached hydrogen (secondary N) is 4. The van der Waals surface area contributed by atoms with E-state index in [1.165, 1.54) is 32.1 Å². The molecule has 0 saturated heterocycles. The van der Waals surface area contributed by atoms with E-state index >= 15 is 0 Å². The lowest BCUT2D eigenvalue weighted by Crippen LogP contribution is -2.49. The van der Waals surface area contributed by atoms with Crippen LogP contribution in [0, 0.1) is 5.92 Å². The van der Waals surface area contributed by atoms with Crippen molar-refractivity contribution in [2.75, 3.05) is 26.7 Å². The van der Waals surface area contributed by atoms with Gasteiger partial charge < -0.3 is 21.3 Å². The largest absolute Gasteiger partial charge is 0.355 e. The maximum absolute atomic E-state index is 11.9. The van der Waals surface area contributed by atoms with Gasteiger partial charge in [-0.1, -0.05) is 19.3 Å². The van der Waals surface area contributed by atoms with Gasteiger partial charge in [0.2, 0.25) is 11.8 Å². The van der Waals surface area contributed by atoms with Crippen molar-refractivity contribution in [3.05, 3.63) is 0 Å². The van der Waals surface area contributed by atoms with Gasteiger partial charge in [-0.2, -0.15) is 0 Å². The molecule has 1 aliphatic rings. The van der Waals surface area contributed by atoms with E-state index in [9.17, 15) is 9.59 Å². The van der Waals surface area contributed by atoms with Crippen LogP contribution in [0.15, 0.2) is 4.99 Å². The number of amides is 2. The van der Waals surface area contributed by atoms with Gasteiger partial charge in [0.1, 0.15) is 0 Å². The van der Waals surface area contributed by atoms with Crippen molar-refractivity contribution in [1.82, 2.24) is 21.3 Å². The average Bonchev–Trinajstić information content (AvgIpc) is 2.53. The Bertz CT molecular complexity index is 451. The van der Waals surface area contributed by atoms with Crippen LogP contribution in [0.1, 0.15) is 59.3 Å². The molecule has 0 aliphatic heterocycles. The van der Waals surface area contributed by atoms with Gasteiger partial charge in [-0.3, -0.25) is 14.6 Å². The molecule has 0 aromatic rings. The molecule has 0 radical (unpaired) electrons. The first-order valence-electron chi connectivity index (χ1n) is 9.32. The molecule has 0 atom stereocenters. The zero-order valence-corrected chi connectivity index (χ0v) is 16.2. The number of rotatable bonds is 7. The highest BCUT2D eigenvalue weighted by molar-refractivity contribution is 5.86. The van der Waals surface area contributed by atoms with Gasteiger partial charge in [-0.25, -0.2) is 0 Å². The highest BCUT2D eigenvalue weighted by Gasteiger charge is 2.16. The van der Waals surface area contributed by atoms with E-state index in [1.807, 2.05) is 20.8 Å². The van der Waals surface area contributed by atoms with Gasteiger partial charge in [0.25, 0.3) is 0 Å². The number of nitrogens with zero attached hydrogens (tertiary/aromatic N) is 1. The van der Waals surface area contributed by atoms with E-state index in [0.717, 1.165) is 0 Å². The second kappa shape index (κ2) is 10.9. The Hall–Kier alpha value is -1.79. The summed E-state index contributed by atoms with van der Waals surface area (Å²) in [6.45, 7) is 7.08. The highest BCUT2D eigenvalue weighted by Crippen LogP contribution is 2.25. The lowest BCUT2D eigenvalue weighted by Gasteiger charge is -2.21. The van der Waals surface area contributed by atoms with Crippen molar-refractivity contribution in [2.24, 2.45) is 10.9 Å². The molecule has 1 saturated carbocycles. The predicted octanol–water partition coefficient (Wildman–Crippen LogP) is 1.15. The second-order valence-corrected chi connectivity index (χ2v) is 7.71. The first-order chi connectivity index (χ1) is 11.8. The molecular formula is C18H35N5O2. The lowest BCUT2D eigenvalue weighted by molar-refractivity contribution is -0.122. The molecule has 0 aromatic carbocycles. The summed E-state index contributed by atoms with van der Waals surface area (Å²) in [5.74, 6) is 1.14. The molecule has 1 rings (SSSR count). The van der Waals surface area contributed by atoms with Crippen LogP contribution in [-0.4, -0.2) is 50.0 Å². The Morgan fingerprint density at radius 1 is 0.960 bits per heavy atom. The molecule has 2 amide bonds. The molecule has 25 heavy (non-hydrogen) atoms. The van der Waals surface area contributed by atoms with Gasteiger partial charge in [0, 0.05) is 32.1 Å². The zero-order valence-electron chi connectivity index (χ0n) is 16.2. The third kappa shape index (κ3) is 10.6. The first kappa shape index (κ1) is 21.3. The van der Waals surface area contributed by atoms with E-state index in [4.69, 9.17) is 0 Å². The monoisotopic (exact) mass is 353 g/mol. The van der Waals surface area contributed by atoms with Gasteiger partial charge in [0.05, 0.1) is 6.54 Å². The van der Waals surface area contributed by atoms with Crippen molar-refractivity contribution in [3.8, 4) is 0 Å². The summed E-state index contributed by atoms with van der Waals surface area (Å²) in [5, 5.41) is 11.9. The smallest absolute Gasteiger partial charge is 0.239 e. The van der Waals surface area contributed by atoms with Crippen LogP contribution in [0.4, 0.5) is 0 Å². The second-order valence-electron chi connectivity index (χ2n) is 7.71. The molecule has 0 bridgehead atoms. The summed E-state index contributed by atoms with van der Waals surface area (Å²) in [6.07, 6.45) is 6.81. The molecule has 0 unspecified atom stereocenters. The van der Waals surface area contributed by atoms with Crippen LogP contribution in [0.5, 0.6) is 0 Å². The van der Waals surface area contributed by atoms with Crippen LogP contribution < -0.4 is 21.3 Å². The Kier molecular flexibility index (Phi) is 9.31. The molecule has 7 nitrogen and oxygen atoms in total. The van der Waals surface area contributed by atoms with Crippen molar-refractivity contribution < 1.29 is 9.59 Å². The highest BCUT2D eigenvalue weighted by atomic mass is 16.2. The first-order valence-corrected chi connectivity index (χ1v) is 9.32. The number of guanidine groups is 1. The summed E-state index contributed by atoms with van der Waals surface area (Å²) in [7, 11) is 1.65. The van der Waals surface area contributed by atoms with Crippen LogP contribution in [0.3, 0.4) is 0 Å². The number of aliphatic imine (C=N–C) groups is 1. The van der Waals surface area contributed by atoms with E-state index < -0.39 is 0 Å². The topological polar surface area (TPSA) is 94.6 Å². The number of hydrogen-bond donors (Lipinski definition) is 4. The minimum absolute atomic E-state index is 0.0868. The van der Waals surface area contributed by atoms with Crippen molar-refractivity contribution in [2.45, 2.75) is 64.8 Å². The minimum atomic E-state index is -0.252. The van der Waals surface area contributed by atoms with Crippen LogP contribution >= 0.6 is 0 Å². The third-order valence-electron chi connectivity index (χ3n) is 4.09. The number of carbonyl (C=O) groups excluding carboxylic acids is 2. The Morgan fingerprint density at radius 2 is 1.60 bits per heavy atom. The van der Waals surface area contributed by atoms with Crippen molar-refractivity contribution >= 4 is 17.8 Å². The zero-order chi connectivity index (χ0) is 18.7. The van der Waals surface area contributed by atoms with Crippen molar-refractivity contribution in [3.63, 3.8) is 0 Å². The lowest BCUT2D eigenvalue weighted by atomic mass is 9.87. The molecule has 1 fully saturated rings. The number of carbonyl (C=O) groups is 2. The minimum Gasteiger partial charge on any atom is -0.355 e. The van der Waals surface area contributed by atoms with Gasteiger partial charge in [0.15, 0.2) is 5.96 Å². The SMILES string of the molecule is CN=C(NCCNC(=O)CC1CCCCC1)NCC(=O)NC(C)(C)C. The molecule has 0 heterocycles. The third-order valence-corrected chi connectivity index (χ3v) is 4.09. The van der Waals surface area contributed by atoms with E-state index in [0.29, 0.717) is 31.4 Å². The Morgan fingerprint density at radius 3 is 2.20 bits per heavy atom. The fourth-order valence-electron chi connectivity index (χ4n) is 2.96. The Labute approximate surface area is 151 Å².